The number of rotatable bonds is 7. The number of aliphatic carboxylic acids is 1. The number of hydrogen-bond donors (Lipinski definition) is 1. The van der Waals surface area contributed by atoms with Crippen LogP contribution in [0.3, 0.4) is 0 Å². The Kier molecular flexibility index (Phi) is 6.13. The smallest absolute Gasteiger partial charge is 0.309 e. The summed E-state index contributed by atoms with van der Waals surface area (Å²) < 4.78 is 11.4. The van der Waals surface area contributed by atoms with Crippen molar-refractivity contribution in [3.8, 4) is 0 Å². The van der Waals surface area contributed by atoms with Crippen LogP contribution >= 0.6 is 0 Å². The Morgan fingerprint density at radius 3 is 2.76 bits per heavy atom. The van der Waals surface area contributed by atoms with Crippen LogP contribution in [0.1, 0.15) is 63.2 Å². The summed E-state index contributed by atoms with van der Waals surface area (Å²) in [6.45, 7) is 1.11. The number of piperidine rings is 1. The van der Waals surface area contributed by atoms with E-state index in [2.05, 4.69) is 0 Å². The minimum Gasteiger partial charge on any atom is -0.481 e. The van der Waals surface area contributed by atoms with E-state index in [0.717, 1.165) is 12.8 Å². The lowest BCUT2D eigenvalue weighted by Crippen LogP contribution is -2.45. The molecule has 0 radical (unpaired) electrons. The van der Waals surface area contributed by atoms with Crippen LogP contribution in [0.15, 0.2) is 22.8 Å². The Hall–Kier alpha value is -1.82. The van der Waals surface area contributed by atoms with Gasteiger partial charge in [-0.3, -0.25) is 9.59 Å². The molecule has 2 heterocycles. The van der Waals surface area contributed by atoms with Gasteiger partial charge in [0.15, 0.2) is 0 Å². The molecule has 1 N–H and O–H groups in total. The van der Waals surface area contributed by atoms with Crippen molar-refractivity contribution in [3.63, 3.8) is 0 Å². The van der Waals surface area contributed by atoms with Crippen molar-refractivity contribution in [2.24, 2.45) is 5.92 Å². The molecule has 1 saturated heterocycles. The number of carbonyl (C=O) groups is 2. The first-order valence-corrected chi connectivity index (χ1v) is 9.34. The number of carboxylic acids is 1. The zero-order valence-electron chi connectivity index (χ0n) is 14.6. The highest BCUT2D eigenvalue weighted by Crippen LogP contribution is 2.37. The molecule has 0 aromatic carbocycles. The zero-order chi connectivity index (χ0) is 17.6. The highest BCUT2D eigenvalue weighted by Gasteiger charge is 2.41. The Morgan fingerprint density at radius 2 is 2.08 bits per heavy atom. The fourth-order valence-corrected chi connectivity index (χ4v) is 4.00. The molecule has 6 heteroatoms. The van der Waals surface area contributed by atoms with E-state index in [4.69, 9.17) is 9.15 Å². The summed E-state index contributed by atoms with van der Waals surface area (Å²) >= 11 is 0. The maximum absolute atomic E-state index is 12.4. The zero-order valence-corrected chi connectivity index (χ0v) is 14.6. The van der Waals surface area contributed by atoms with Gasteiger partial charge in [0.2, 0.25) is 5.91 Å². The molecule has 2 atom stereocenters. The fraction of sp³-hybridized carbons (Fsp3) is 0.684. The molecule has 1 amide bonds. The lowest BCUT2D eigenvalue weighted by atomic mass is 9.87. The maximum Gasteiger partial charge on any atom is 0.309 e. The van der Waals surface area contributed by atoms with E-state index in [-0.39, 0.29) is 12.3 Å². The highest BCUT2D eigenvalue weighted by atomic mass is 16.5. The highest BCUT2D eigenvalue weighted by molar-refractivity contribution is 5.81. The Labute approximate surface area is 148 Å². The van der Waals surface area contributed by atoms with Gasteiger partial charge in [0.1, 0.15) is 11.8 Å². The van der Waals surface area contributed by atoms with Crippen LogP contribution in [0, 0.1) is 5.92 Å². The van der Waals surface area contributed by atoms with Crippen LogP contribution < -0.4 is 0 Å². The molecule has 1 saturated carbocycles. The monoisotopic (exact) mass is 349 g/mol. The third-order valence-electron chi connectivity index (χ3n) is 5.31. The van der Waals surface area contributed by atoms with Crippen LogP contribution in [0.5, 0.6) is 0 Å². The van der Waals surface area contributed by atoms with Crippen molar-refractivity contribution in [2.75, 3.05) is 13.2 Å². The second kappa shape index (κ2) is 8.52. The first kappa shape index (κ1) is 18.0. The molecule has 3 rings (SSSR count). The molecule has 6 nitrogen and oxygen atoms in total. The molecular weight excluding hydrogens is 322 g/mol. The summed E-state index contributed by atoms with van der Waals surface area (Å²) in [5.74, 6) is -0.953. The van der Waals surface area contributed by atoms with E-state index in [0.29, 0.717) is 37.9 Å². The predicted octanol–water partition coefficient (Wildman–Crippen LogP) is 3.38. The topological polar surface area (TPSA) is 80.0 Å². The average molecular weight is 349 g/mol. The molecule has 25 heavy (non-hydrogen) atoms. The molecule has 0 unspecified atom stereocenters. The van der Waals surface area contributed by atoms with Gasteiger partial charge in [0.25, 0.3) is 0 Å². The van der Waals surface area contributed by atoms with Gasteiger partial charge in [-0.15, -0.1) is 0 Å². The van der Waals surface area contributed by atoms with Gasteiger partial charge in [0.05, 0.1) is 18.3 Å². The molecule has 1 aromatic rings. The van der Waals surface area contributed by atoms with Crippen molar-refractivity contribution in [1.82, 2.24) is 4.90 Å². The average Bonchev–Trinajstić information content (AvgIpc) is 3.14. The van der Waals surface area contributed by atoms with Gasteiger partial charge in [-0.2, -0.15) is 0 Å². The van der Waals surface area contributed by atoms with Gasteiger partial charge in [-0.25, -0.2) is 0 Å². The largest absolute Gasteiger partial charge is 0.481 e. The lowest BCUT2D eigenvalue weighted by Gasteiger charge is -2.38. The quantitative estimate of drug-likeness (QED) is 0.763. The third kappa shape index (κ3) is 4.42. The van der Waals surface area contributed by atoms with Crippen LogP contribution in [-0.4, -0.2) is 41.1 Å². The summed E-state index contributed by atoms with van der Waals surface area (Å²) in [5.41, 5.74) is 0. The number of likely N-dealkylation sites (tertiary alicyclic amines) is 1. The van der Waals surface area contributed by atoms with E-state index >= 15 is 0 Å². The molecule has 1 aliphatic heterocycles. The summed E-state index contributed by atoms with van der Waals surface area (Å²) in [7, 11) is 0. The van der Waals surface area contributed by atoms with Gasteiger partial charge in [-0.1, -0.05) is 19.3 Å². The van der Waals surface area contributed by atoms with Gasteiger partial charge >= 0.3 is 5.97 Å². The summed E-state index contributed by atoms with van der Waals surface area (Å²) in [6, 6.07) is 2.96. The second-order valence-corrected chi connectivity index (χ2v) is 7.02. The molecule has 0 spiro atoms. The molecule has 138 valence electrons. The van der Waals surface area contributed by atoms with Crippen LogP contribution in [0.2, 0.25) is 0 Å². The summed E-state index contributed by atoms with van der Waals surface area (Å²) in [5, 5.41) is 9.55. The van der Waals surface area contributed by atoms with Crippen LogP contribution in [-0.2, 0) is 14.3 Å². The first-order chi connectivity index (χ1) is 12.2. The van der Waals surface area contributed by atoms with Gasteiger partial charge in [-0.05, 0) is 37.8 Å². The van der Waals surface area contributed by atoms with Crippen molar-refractivity contribution in [3.05, 3.63) is 24.2 Å². The van der Waals surface area contributed by atoms with Crippen LogP contribution in [0.4, 0.5) is 0 Å². The number of carbonyl (C=O) groups excluding carboxylic acids is 1. The van der Waals surface area contributed by atoms with Crippen molar-refractivity contribution < 1.29 is 23.8 Å². The van der Waals surface area contributed by atoms with Crippen molar-refractivity contribution >= 4 is 11.9 Å². The van der Waals surface area contributed by atoms with E-state index < -0.39 is 17.9 Å². The van der Waals surface area contributed by atoms with E-state index in [1.54, 1.807) is 17.0 Å². The third-order valence-corrected chi connectivity index (χ3v) is 5.31. The second-order valence-electron chi connectivity index (χ2n) is 7.02. The number of hydrogen-bond acceptors (Lipinski definition) is 4. The Balaban J connectivity index is 1.59. The number of furan rings is 1. The molecule has 2 fully saturated rings. The number of carboxylic acid groups (broad SMARTS) is 1. The summed E-state index contributed by atoms with van der Waals surface area (Å²) in [6.07, 6.45) is 9.22. The molecule has 1 aromatic heterocycles. The molecular formula is C19H27NO5. The minimum atomic E-state index is -0.877. The first-order valence-electron chi connectivity index (χ1n) is 9.34. The van der Waals surface area contributed by atoms with E-state index in [1.807, 2.05) is 0 Å². The maximum atomic E-state index is 12.4. The van der Waals surface area contributed by atoms with Crippen molar-refractivity contribution in [1.29, 1.82) is 0 Å². The van der Waals surface area contributed by atoms with Crippen molar-refractivity contribution in [2.45, 2.75) is 63.5 Å². The number of nitrogens with zero attached hydrogens (tertiary/aromatic N) is 1. The Bertz CT molecular complexity index is 564. The van der Waals surface area contributed by atoms with Gasteiger partial charge in [0, 0.05) is 19.6 Å². The molecule has 2 aliphatic rings. The number of amides is 1. The normalized spacial score (nSPS) is 25.3. The molecule has 0 bridgehead atoms. The lowest BCUT2D eigenvalue weighted by molar-refractivity contribution is -0.153. The number of ether oxygens (including phenoxy) is 1. The van der Waals surface area contributed by atoms with Gasteiger partial charge < -0.3 is 19.2 Å². The standard InChI is InChI=1S/C19H27NO5/c21-17-10-9-15(19(22)23)18(16-8-4-12-25-16)20(17)11-5-13-24-14-6-2-1-3-7-14/h4,8,12,14-15,18H,1-3,5-7,9-11,13H2,(H,22,23)/t15-,18-/m0/s1. The molecule has 1 aliphatic carbocycles. The van der Waals surface area contributed by atoms with E-state index in [9.17, 15) is 14.7 Å². The fourth-order valence-electron chi connectivity index (χ4n) is 4.00. The Morgan fingerprint density at radius 1 is 1.28 bits per heavy atom. The van der Waals surface area contributed by atoms with Crippen LogP contribution in [0.25, 0.3) is 0 Å². The van der Waals surface area contributed by atoms with E-state index in [1.165, 1.54) is 25.5 Å². The predicted molar refractivity (Wildman–Crippen MR) is 91.0 cm³/mol. The SMILES string of the molecule is O=C(O)[C@H]1CCC(=O)N(CCCOC2CCCCC2)[C@@H]1c1ccco1. The minimum absolute atomic E-state index is 0.00318. The summed E-state index contributed by atoms with van der Waals surface area (Å²) in [4.78, 5) is 25.7.